The van der Waals surface area contributed by atoms with Crippen molar-refractivity contribution in [3.05, 3.63) is 47.3 Å². The van der Waals surface area contributed by atoms with Crippen LogP contribution in [0.2, 0.25) is 0 Å². The third-order valence-electron chi connectivity index (χ3n) is 4.64. The fraction of sp³-hybridized carbons (Fsp3) is 0.421. The number of carbonyl (C=O) groups excluding carboxylic acids is 1. The van der Waals surface area contributed by atoms with Gasteiger partial charge in [0, 0.05) is 29.7 Å². The lowest BCUT2D eigenvalue weighted by Gasteiger charge is -2.23. The number of hydrogen-bond donors (Lipinski definition) is 2. The molecule has 1 aliphatic heterocycles. The average molecular weight is 327 g/mol. The molecule has 1 amide bonds. The van der Waals surface area contributed by atoms with Crippen LogP contribution in [0.5, 0.6) is 5.75 Å². The Kier molecular flexibility index (Phi) is 4.90. The van der Waals surface area contributed by atoms with E-state index in [4.69, 9.17) is 4.74 Å². The monoisotopic (exact) mass is 327 g/mol. The highest BCUT2D eigenvalue weighted by Crippen LogP contribution is 2.23. The second kappa shape index (κ2) is 7.09. The normalized spacial score (nSPS) is 17.5. The van der Waals surface area contributed by atoms with Crippen molar-refractivity contribution < 1.29 is 9.53 Å². The van der Waals surface area contributed by atoms with E-state index in [0.29, 0.717) is 0 Å². The second-order valence-electron chi connectivity index (χ2n) is 6.33. The molecule has 0 spiro atoms. The molecule has 5 heteroatoms. The SMILES string of the molecule is COc1ccc(-n2c(C)cc(C(=O)N[C@H]3CCCNC3)c2C)cc1. The summed E-state index contributed by atoms with van der Waals surface area (Å²) >= 11 is 0. The van der Waals surface area contributed by atoms with Crippen molar-refractivity contribution in [2.45, 2.75) is 32.7 Å². The zero-order valence-electron chi connectivity index (χ0n) is 14.6. The van der Waals surface area contributed by atoms with Gasteiger partial charge in [0.15, 0.2) is 0 Å². The molecule has 3 rings (SSSR count). The van der Waals surface area contributed by atoms with Crippen LogP contribution in [-0.2, 0) is 0 Å². The van der Waals surface area contributed by atoms with Crippen LogP contribution in [-0.4, -0.2) is 36.7 Å². The van der Waals surface area contributed by atoms with E-state index in [1.807, 2.05) is 44.2 Å². The van der Waals surface area contributed by atoms with Crippen LogP contribution in [0.1, 0.15) is 34.6 Å². The molecule has 1 fully saturated rings. The zero-order valence-corrected chi connectivity index (χ0v) is 14.6. The summed E-state index contributed by atoms with van der Waals surface area (Å²) in [5, 5.41) is 6.48. The van der Waals surface area contributed by atoms with Gasteiger partial charge >= 0.3 is 0 Å². The van der Waals surface area contributed by atoms with Gasteiger partial charge in [-0.25, -0.2) is 0 Å². The van der Waals surface area contributed by atoms with Gasteiger partial charge < -0.3 is 19.9 Å². The summed E-state index contributed by atoms with van der Waals surface area (Å²) in [5.74, 6) is 0.834. The fourth-order valence-electron chi connectivity index (χ4n) is 3.36. The molecular weight excluding hydrogens is 302 g/mol. The summed E-state index contributed by atoms with van der Waals surface area (Å²) in [7, 11) is 1.66. The molecule has 1 aromatic carbocycles. The number of aryl methyl sites for hydroxylation is 1. The molecule has 0 bridgehead atoms. The smallest absolute Gasteiger partial charge is 0.253 e. The van der Waals surface area contributed by atoms with Gasteiger partial charge in [-0.05, 0) is 63.6 Å². The van der Waals surface area contributed by atoms with Crippen LogP contribution in [0.15, 0.2) is 30.3 Å². The van der Waals surface area contributed by atoms with Crippen LogP contribution in [0.4, 0.5) is 0 Å². The highest BCUT2D eigenvalue weighted by molar-refractivity contribution is 5.96. The van der Waals surface area contributed by atoms with Gasteiger partial charge in [0.1, 0.15) is 5.75 Å². The molecule has 2 N–H and O–H groups in total. The maximum Gasteiger partial charge on any atom is 0.253 e. The number of hydrogen-bond acceptors (Lipinski definition) is 3. The number of nitrogens with zero attached hydrogens (tertiary/aromatic N) is 1. The van der Waals surface area contributed by atoms with Crippen LogP contribution in [0.3, 0.4) is 0 Å². The molecule has 0 radical (unpaired) electrons. The van der Waals surface area contributed by atoms with E-state index in [9.17, 15) is 4.79 Å². The summed E-state index contributed by atoms with van der Waals surface area (Å²) in [4.78, 5) is 12.7. The highest BCUT2D eigenvalue weighted by atomic mass is 16.5. The average Bonchev–Trinajstić information content (AvgIpc) is 2.90. The number of piperidine rings is 1. The number of benzene rings is 1. The Morgan fingerprint density at radius 3 is 2.67 bits per heavy atom. The summed E-state index contributed by atoms with van der Waals surface area (Å²) in [5.41, 5.74) is 3.78. The lowest BCUT2D eigenvalue weighted by atomic mass is 10.1. The van der Waals surface area contributed by atoms with Gasteiger partial charge in [-0.3, -0.25) is 4.79 Å². The topological polar surface area (TPSA) is 55.3 Å². The number of ether oxygens (including phenoxy) is 1. The Morgan fingerprint density at radius 1 is 1.29 bits per heavy atom. The van der Waals surface area contributed by atoms with Crippen LogP contribution in [0, 0.1) is 13.8 Å². The predicted molar refractivity (Wildman–Crippen MR) is 95.2 cm³/mol. The fourth-order valence-corrected chi connectivity index (χ4v) is 3.36. The molecule has 2 aromatic rings. The van der Waals surface area contributed by atoms with Gasteiger partial charge in [0.25, 0.3) is 5.91 Å². The van der Waals surface area contributed by atoms with Crippen LogP contribution >= 0.6 is 0 Å². The van der Waals surface area contributed by atoms with Crippen molar-refractivity contribution in [3.8, 4) is 11.4 Å². The van der Waals surface area contributed by atoms with E-state index in [1.54, 1.807) is 7.11 Å². The Bertz CT molecular complexity index is 713. The summed E-state index contributed by atoms with van der Waals surface area (Å²) in [6.07, 6.45) is 2.14. The third kappa shape index (κ3) is 3.31. The predicted octanol–water partition coefficient (Wildman–Crippen LogP) is 2.58. The quantitative estimate of drug-likeness (QED) is 0.907. The number of amides is 1. The highest BCUT2D eigenvalue weighted by Gasteiger charge is 2.20. The van der Waals surface area contributed by atoms with E-state index in [0.717, 1.165) is 54.3 Å². The molecule has 1 atom stereocenters. The lowest BCUT2D eigenvalue weighted by Crippen LogP contribution is -2.45. The zero-order chi connectivity index (χ0) is 17.1. The van der Waals surface area contributed by atoms with E-state index in [2.05, 4.69) is 15.2 Å². The first-order chi connectivity index (χ1) is 11.6. The van der Waals surface area contributed by atoms with Crippen molar-refractivity contribution in [2.24, 2.45) is 0 Å². The standard InChI is InChI=1S/C19H25N3O2/c1-13-11-18(19(23)21-15-5-4-10-20-12-15)14(2)22(13)16-6-8-17(24-3)9-7-16/h6-9,11,15,20H,4-5,10,12H2,1-3H3,(H,21,23)/t15-/m0/s1. The minimum absolute atomic E-state index is 0.0107. The molecule has 2 heterocycles. The Labute approximate surface area is 143 Å². The molecule has 128 valence electrons. The number of rotatable bonds is 4. The largest absolute Gasteiger partial charge is 0.497 e. The minimum atomic E-state index is 0.0107. The van der Waals surface area contributed by atoms with Gasteiger partial charge in [0.05, 0.1) is 12.7 Å². The Morgan fingerprint density at radius 2 is 2.04 bits per heavy atom. The first-order valence-electron chi connectivity index (χ1n) is 8.45. The molecule has 24 heavy (non-hydrogen) atoms. The molecular formula is C19H25N3O2. The molecule has 5 nitrogen and oxygen atoms in total. The van der Waals surface area contributed by atoms with Gasteiger partial charge in [-0.2, -0.15) is 0 Å². The second-order valence-corrected chi connectivity index (χ2v) is 6.33. The van der Waals surface area contributed by atoms with Crippen molar-refractivity contribution in [3.63, 3.8) is 0 Å². The molecule has 0 aliphatic carbocycles. The maximum atomic E-state index is 12.7. The van der Waals surface area contributed by atoms with Gasteiger partial charge in [-0.15, -0.1) is 0 Å². The van der Waals surface area contributed by atoms with Gasteiger partial charge in [0.2, 0.25) is 0 Å². The van der Waals surface area contributed by atoms with Crippen LogP contribution < -0.4 is 15.4 Å². The molecule has 1 saturated heterocycles. The van der Waals surface area contributed by atoms with E-state index in [-0.39, 0.29) is 11.9 Å². The van der Waals surface area contributed by atoms with Crippen LogP contribution in [0.25, 0.3) is 5.69 Å². The van der Waals surface area contributed by atoms with Crippen molar-refractivity contribution in [2.75, 3.05) is 20.2 Å². The van der Waals surface area contributed by atoms with Gasteiger partial charge in [-0.1, -0.05) is 0 Å². The lowest BCUT2D eigenvalue weighted by molar-refractivity contribution is 0.0930. The number of nitrogens with one attached hydrogen (secondary N) is 2. The van der Waals surface area contributed by atoms with Crippen molar-refractivity contribution in [1.82, 2.24) is 15.2 Å². The number of carbonyl (C=O) groups is 1. The molecule has 1 aliphatic rings. The molecule has 0 saturated carbocycles. The summed E-state index contributed by atoms with van der Waals surface area (Å²) in [6.45, 7) is 5.91. The van der Waals surface area contributed by atoms with E-state index >= 15 is 0 Å². The summed E-state index contributed by atoms with van der Waals surface area (Å²) < 4.78 is 7.32. The van der Waals surface area contributed by atoms with E-state index in [1.165, 1.54) is 0 Å². The summed E-state index contributed by atoms with van der Waals surface area (Å²) in [6, 6.07) is 10.1. The maximum absolute atomic E-state index is 12.7. The Hall–Kier alpha value is -2.27. The third-order valence-corrected chi connectivity index (χ3v) is 4.64. The minimum Gasteiger partial charge on any atom is -0.497 e. The Balaban J connectivity index is 1.83. The first-order valence-corrected chi connectivity index (χ1v) is 8.45. The first kappa shape index (κ1) is 16.6. The number of methoxy groups -OCH3 is 1. The van der Waals surface area contributed by atoms with E-state index < -0.39 is 0 Å². The van der Waals surface area contributed by atoms with Crippen molar-refractivity contribution >= 4 is 5.91 Å². The molecule has 0 unspecified atom stereocenters. The van der Waals surface area contributed by atoms with Crippen molar-refractivity contribution in [1.29, 1.82) is 0 Å². The number of aromatic nitrogens is 1. The molecule has 1 aromatic heterocycles.